The smallest absolute Gasteiger partial charge is 0.247 e. The number of benzene rings is 3. The molecule has 6 nitrogen and oxygen atoms in total. The molecule has 0 aromatic heterocycles. The molecule has 0 aliphatic carbocycles. The normalized spacial score (nSPS) is 11.6. The second-order valence-corrected chi connectivity index (χ2v) is 10.2. The van der Waals surface area contributed by atoms with Gasteiger partial charge in [0, 0.05) is 17.3 Å². The predicted molar refractivity (Wildman–Crippen MR) is 131 cm³/mol. The van der Waals surface area contributed by atoms with Crippen LogP contribution in [0, 0.1) is 0 Å². The summed E-state index contributed by atoms with van der Waals surface area (Å²) in [5, 5.41) is 3.04. The molecule has 3 aromatic rings. The van der Waals surface area contributed by atoms with E-state index in [-0.39, 0.29) is 28.8 Å². The molecule has 0 heterocycles. The summed E-state index contributed by atoms with van der Waals surface area (Å²) in [6, 6.07) is 21.0. The van der Waals surface area contributed by atoms with Crippen molar-refractivity contribution in [1.29, 1.82) is 0 Å². The summed E-state index contributed by atoms with van der Waals surface area (Å²) in [5.74, 6) is 0.0730. The molecule has 0 aliphatic heterocycles. The fourth-order valence-corrected chi connectivity index (χ4v) is 5.12. The Kier molecular flexibility index (Phi) is 8.13. The van der Waals surface area contributed by atoms with Gasteiger partial charge in [-0.05, 0) is 47.4 Å². The van der Waals surface area contributed by atoms with Crippen LogP contribution in [0.5, 0.6) is 5.75 Å². The summed E-state index contributed by atoms with van der Waals surface area (Å²) in [7, 11) is -2.72. The van der Waals surface area contributed by atoms with Gasteiger partial charge in [0.1, 0.15) is 10.6 Å². The lowest BCUT2D eigenvalue weighted by molar-refractivity contribution is -0.116. The number of methoxy groups -OCH3 is 1. The van der Waals surface area contributed by atoms with Crippen molar-refractivity contribution in [2.24, 2.45) is 0 Å². The lowest BCUT2D eigenvalue weighted by atomic mass is 10.0. The molecule has 0 atom stereocenters. The summed E-state index contributed by atoms with van der Waals surface area (Å²) in [6.07, 6.45) is 0. The monoisotopic (exact) mass is 486 g/mol. The molecule has 0 saturated heterocycles. The van der Waals surface area contributed by atoms with Crippen molar-refractivity contribution in [3.8, 4) is 5.75 Å². The van der Waals surface area contributed by atoms with Gasteiger partial charge in [0.15, 0.2) is 0 Å². The third kappa shape index (κ3) is 6.35. The number of carbonyl (C=O) groups excluding carboxylic acids is 1. The van der Waals surface area contributed by atoms with Crippen LogP contribution in [0.1, 0.15) is 30.9 Å². The highest BCUT2D eigenvalue weighted by Crippen LogP contribution is 2.30. The first-order chi connectivity index (χ1) is 15.7. The number of nitrogens with one attached hydrogen (secondary N) is 1. The summed E-state index contributed by atoms with van der Waals surface area (Å²) >= 11 is 6.07. The second kappa shape index (κ2) is 10.8. The fourth-order valence-electron chi connectivity index (χ4n) is 3.32. The third-order valence-electron chi connectivity index (χ3n) is 5.13. The van der Waals surface area contributed by atoms with Crippen LogP contribution in [-0.4, -0.2) is 32.3 Å². The van der Waals surface area contributed by atoms with Gasteiger partial charge in [-0.25, -0.2) is 8.42 Å². The van der Waals surface area contributed by atoms with E-state index < -0.39 is 15.9 Å². The van der Waals surface area contributed by atoms with Crippen LogP contribution < -0.4 is 10.1 Å². The predicted octanol–water partition coefficient (Wildman–Crippen LogP) is 5.30. The fraction of sp³-hybridized carbons (Fsp3) is 0.240. The van der Waals surface area contributed by atoms with E-state index in [4.69, 9.17) is 16.3 Å². The highest BCUT2D eigenvalue weighted by molar-refractivity contribution is 7.89. The minimum Gasteiger partial charge on any atom is -0.495 e. The summed E-state index contributed by atoms with van der Waals surface area (Å²) < 4.78 is 33.5. The third-order valence-corrected chi connectivity index (χ3v) is 7.17. The summed E-state index contributed by atoms with van der Waals surface area (Å²) in [6.45, 7) is 3.81. The van der Waals surface area contributed by atoms with E-state index in [2.05, 4.69) is 19.2 Å². The molecule has 1 amide bonds. The molecule has 0 aliphatic rings. The molecule has 1 N–H and O–H groups in total. The first-order valence-corrected chi connectivity index (χ1v) is 12.3. The van der Waals surface area contributed by atoms with Gasteiger partial charge in [-0.1, -0.05) is 67.9 Å². The van der Waals surface area contributed by atoms with E-state index >= 15 is 0 Å². The molecule has 3 rings (SSSR count). The molecule has 0 fully saturated rings. The van der Waals surface area contributed by atoms with Gasteiger partial charge in [-0.3, -0.25) is 4.79 Å². The number of hydrogen-bond donors (Lipinski definition) is 1. The molecule has 33 heavy (non-hydrogen) atoms. The molecule has 8 heteroatoms. The number of rotatable bonds is 9. The number of nitrogens with zero attached hydrogens (tertiary/aromatic N) is 1. The minimum absolute atomic E-state index is 0.0124. The van der Waals surface area contributed by atoms with Crippen LogP contribution in [0.4, 0.5) is 5.69 Å². The Morgan fingerprint density at radius 1 is 1.03 bits per heavy atom. The first kappa shape index (κ1) is 24.8. The first-order valence-electron chi connectivity index (χ1n) is 10.5. The average molecular weight is 487 g/mol. The Bertz CT molecular complexity index is 1200. The highest BCUT2D eigenvalue weighted by atomic mass is 35.5. The van der Waals surface area contributed by atoms with E-state index in [0.717, 1.165) is 15.4 Å². The van der Waals surface area contributed by atoms with Crippen molar-refractivity contribution >= 4 is 33.2 Å². The van der Waals surface area contributed by atoms with Crippen molar-refractivity contribution in [3.63, 3.8) is 0 Å². The molecular weight excluding hydrogens is 460 g/mol. The molecule has 3 aromatic carbocycles. The van der Waals surface area contributed by atoms with E-state index in [1.54, 1.807) is 18.2 Å². The van der Waals surface area contributed by atoms with Crippen LogP contribution in [0.2, 0.25) is 5.02 Å². The van der Waals surface area contributed by atoms with Gasteiger partial charge in [0.2, 0.25) is 15.9 Å². The van der Waals surface area contributed by atoms with Gasteiger partial charge in [0.05, 0.1) is 13.7 Å². The van der Waals surface area contributed by atoms with Gasteiger partial charge in [0.25, 0.3) is 0 Å². The van der Waals surface area contributed by atoms with Crippen LogP contribution in [-0.2, 0) is 21.4 Å². The summed E-state index contributed by atoms with van der Waals surface area (Å²) in [5.41, 5.74) is 2.49. The maximum Gasteiger partial charge on any atom is 0.247 e. The van der Waals surface area contributed by atoms with Crippen molar-refractivity contribution in [2.75, 3.05) is 19.0 Å². The Labute approximate surface area is 200 Å². The zero-order valence-corrected chi connectivity index (χ0v) is 20.4. The Morgan fingerprint density at radius 3 is 2.30 bits per heavy atom. The number of sulfonamides is 1. The molecule has 0 saturated carbocycles. The van der Waals surface area contributed by atoms with Crippen molar-refractivity contribution in [3.05, 3.63) is 88.9 Å². The molecular formula is C25H27ClN2O4S. The Balaban J connectivity index is 1.89. The van der Waals surface area contributed by atoms with Crippen molar-refractivity contribution in [2.45, 2.75) is 31.2 Å². The van der Waals surface area contributed by atoms with Gasteiger partial charge >= 0.3 is 0 Å². The number of ether oxygens (including phenoxy) is 1. The largest absolute Gasteiger partial charge is 0.495 e. The van der Waals surface area contributed by atoms with Gasteiger partial charge in [-0.2, -0.15) is 4.31 Å². The minimum atomic E-state index is -4.11. The van der Waals surface area contributed by atoms with Crippen LogP contribution in [0.3, 0.4) is 0 Å². The molecule has 0 bridgehead atoms. The van der Waals surface area contributed by atoms with Gasteiger partial charge in [-0.15, -0.1) is 0 Å². The summed E-state index contributed by atoms with van der Waals surface area (Å²) in [4.78, 5) is 12.8. The van der Waals surface area contributed by atoms with Gasteiger partial charge < -0.3 is 10.1 Å². The Morgan fingerprint density at radius 2 is 1.70 bits per heavy atom. The number of halogens is 1. The van der Waals surface area contributed by atoms with Crippen LogP contribution in [0.15, 0.2) is 77.7 Å². The number of hydrogen-bond acceptors (Lipinski definition) is 4. The zero-order chi connectivity index (χ0) is 24.0. The number of amides is 1. The van der Waals surface area contributed by atoms with Crippen molar-refractivity contribution in [1.82, 2.24) is 4.31 Å². The lowest BCUT2D eigenvalue weighted by Gasteiger charge is -2.23. The van der Waals surface area contributed by atoms with Crippen molar-refractivity contribution < 1.29 is 17.9 Å². The lowest BCUT2D eigenvalue weighted by Crippen LogP contribution is -2.37. The maximum atomic E-state index is 13.6. The van der Waals surface area contributed by atoms with Crippen LogP contribution in [0.25, 0.3) is 0 Å². The number of carbonyl (C=O) groups is 1. The van der Waals surface area contributed by atoms with E-state index in [0.29, 0.717) is 11.6 Å². The van der Waals surface area contributed by atoms with E-state index in [9.17, 15) is 13.2 Å². The maximum absolute atomic E-state index is 13.6. The number of anilines is 1. The topological polar surface area (TPSA) is 75.7 Å². The highest BCUT2D eigenvalue weighted by Gasteiger charge is 2.30. The molecule has 0 unspecified atom stereocenters. The quantitative estimate of drug-likeness (QED) is 0.445. The standard InChI is InChI=1S/C25H27ClN2O4S/c1-18(2)20-9-12-22(13-10-20)27-25(29)17-28(16-19-7-5-4-6-8-19)33(30,31)24-15-21(26)11-14-23(24)32-3/h4-15,18H,16-17H2,1-3H3,(H,27,29). The average Bonchev–Trinajstić information content (AvgIpc) is 2.79. The van der Waals surface area contributed by atoms with Crippen LogP contribution >= 0.6 is 11.6 Å². The van der Waals surface area contributed by atoms with E-state index in [1.165, 1.54) is 19.2 Å². The molecule has 174 valence electrons. The molecule has 0 spiro atoms. The molecule has 0 radical (unpaired) electrons. The zero-order valence-electron chi connectivity index (χ0n) is 18.8. The van der Waals surface area contributed by atoms with E-state index in [1.807, 2.05) is 42.5 Å². The second-order valence-electron chi connectivity index (χ2n) is 7.88. The SMILES string of the molecule is COc1ccc(Cl)cc1S(=O)(=O)N(CC(=O)Nc1ccc(C(C)C)cc1)Cc1ccccc1. The Hall–Kier alpha value is -2.87.